The van der Waals surface area contributed by atoms with E-state index < -0.39 is 23.9 Å². The molecule has 0 bridgehead atoms. The molecule has 0 radical (unpaired) electrons. The first-order chi connectivity index (χ1) is 10.3. The van der Waals surface area contributed by atoms with Gasteiger partial charge in [0.25, 0.3) is 11.8 Å². The van der Waals surface area contributed by atoms with Crippen molar-refractivity contribution in [2.24, 2.45) is 11.7 Å². The monoisotopic (exact) mass is 370 g/mol. The maximum atomic E-state index is 12.0. The predicted octanol–water partition coefficient (Wildman–Crippen LogP) is 1.29. The summed E-state index contributed by atoms with van der Waals surface area (Å²) < 4.78 is 0.843. The standard InChI is InChI=1S/C14H19BrN4O3/c1-8(2)7-11(17-14(16)22)13(21)19-18-12(20)9-3-5-10(15)6-4-9/h3-6,8,11H,7H2,1-2H3,(H,18,20)(H,19,21)(H3,16,17,22). The van der Waals surface area contributed by atoms with Gasteiger partial charge in [0, 0.05) is 10.0 Å². The minimum Gasteiger partial charge on any atom is -0.352 e. The molecule has 1 aromatic carbocycles. The van der Waals surface area contributed by atoms with Gasteiger partial charge in [-0.05, 0) is 36.6 Å². The van der Waals surface area contributed by atoms with Gasteiger partial charge in [-0.3, -0.25) is 20.4 Å². The molecule has 22 heavy (non-hydrogen) atoms. The van der Waals surface area contributed by atoms with Crippen LogP contribution in [0.15, 0.2) is 28.7 Å². The first kappa shape index (κ1) is 18.0. The van der Waals surface area contributed by atoms with E-state index in [-0.39, 0.29) is 5.92 Å². The number of halogens is 1. The molecule has 0 saturated heterocycles. The number of hydrogen-bond donors (Lipinski definition) is 4. The summed E-state index contributed by atoms with van der Waals surface area (Å²) in [6.07, 6.45) is 0.406. The average molecular weight is 371 g/mol. The summed E-state index contributed by atoms with van der Waals surface area (Å²) in [7, 11) is 0. The SMILES string of the molecule is CC(C)CC(NC(N)=O)C(=O)NNC(=O)c1ccc(Br)cc1. The van der Waals surface area contributed by atoms with E-state index in [1.807, 2.05) is 13.8 Å². The second-order valence-electron chi connectivity index (χ2n) is 5.14. The summed E-state index contributed by atoms with van der Waals surface area (Å²) >= 11 is 3.27. The molecular weight excluding hydrogens is 352 g/mol. The van der Waals surface area contributed by atoms with Crippen LogP contribution in [0.5, 0.6) is 0 Å². The molecule has 0 aliphatic rings. The Bertz CT molecular complexity index is 546. The van der Waals surface area contributed by atoms with Crippen LogP contribution >= 0.6 is 15.9 Å². The van der Waals surface area contributed by atoms with Crippen molar-refractivity contribution in [2.45, 2.75) is 26.3 Å². The molecule has 0 aromatic heterocycles. The van der Waals surface area contributed by atoms with Crippen molar-refractivity contribution in [2.75, 3.05) is 0 Å². The van der Waals surface area contributed by atoms with Crippen LogP contribution < -0.4 is 21.9 Å². The molecule has 1 atom stereocenters. The lowest BCUT2D eigenvalue weighted by atomic mass is 10.0. The fourth-order valence-electron chi connectivity index (χ4n) is 1.75. The van der Waals surface area contributed by atoms with Crippen LogP contribution in [-0.2, 0) is 4.79 Å². The lowest BCUT2D eigenvalue weighted by Gasteiger charge is -2.19. The van der Waals surface area contributed by atoms with Crippen molar-refractivity contribution < 1.29 is 14.4 Å². The maximum absolute atomic E-state index is 12.0. The third kappa shape index (κ3) is 6.13. The van der Waals surface area contributed by atoms with Gasteiger partial charge in [-0.15, -0.1) is 0 Å². The van der Waals surface area contributed by atoms with E-state index in [1.54, 1.807) is 24.3 Å². The highest BCUT2D eigenvalue weighted by Gasteiger charge is 2.21. The van der Waals surface area contributed by atoms with Crippen LogP contribution in [0.2, 0.25) is 0 Å². The van der Waals surface area contributed by atoms with Gasteiger partial charge in [0.05, 0.1) is 0 Å². The Morgan fingerprint density at radius 3 is 2.23 bits per heavy atom. The average Bonchev–Trinajstić information content (AvgIpc) is 2.43. The zero-order chi connectivity index (χ0) is 16.7. The number of carbonyl (C=O) groups excluding carboxylic acids is 3. The number of benzene rings is 1. The highest BCUT2D eigenvalue weighted by Crippen LogP contribution is 2.10. The van der Waals surface area contributed by atoms with Gasteiger partial charge in [-0.2, -0.15) is 0 Å². The normalized spacial score (nSPS) is 11.6. The van der Waals surface area contributed by atoms with E-state index in [9.17, 15) is 14.4 Å². The summed E-state index contributed by atoms with van der Waals surface area (Å²) in [5.74, 6) is -0.814. The van der Waals surface area contributed by atoms with Crippen molar-refractivity contribution in [3.8, 4) is 0 Å². The van der Waals surface area contributed by atoms with E-state index in [1.165, 1.54) is 0 Å². The molecule has 120 valence electrons. The third-order valence-corrected chi connectivity index (χ3v) is 3.27. The smallest absolute Gasteiger partial charge is 0.312 e. The molecule has 0 aliphatic carbocycles. The highest BCUT2D eigenvalue weighted by atomic mass is 79.9. The van der Waals surface area contributed by atoms with Gasteiger partial charge in [-0.1, -0.05) is 29.8 Å². The Morgan fingerprint density at radius 1 is 1.14 bits per heavy atom. The lowest BCUT2D eigenvalue weighted by Crippen LogP contribution is -2.53. The van der Waals surface area contributed by atoms with Crippen molar-refractivity contribution in [1.29, 1.82) is 0 Å². The van der Waals surface area contributed by atoms with Crippen molar-refractivity contribution >= 4 is 33.8 Å². The molecule has 4 amide bonds. The Balaban J connectivity index is 2.59. The second-order valence-corrected chi connectivity index (χ2v) is 6.06. The summed E-state index contributed by atoms with van der Waals surface area (Å²) in [4.78, 5) is 34.8. The minimum absolute atomic E-state index is 0.171. The fourth-order valence-corrected chi connectivity index (χ4v) is 2.02. The number of hydrogen-bond acceptors (Lipinski definition) is 3. The number of carbonyl (C=O) groups is 3. The van der Waals surface area contributed by atoms with Gasteiger partial charge in [0.2, 0.25) is 0 Å². The topological polar surface area (TPSA) is 113 Å². The number of urea groups is 1. The molecular formula is C14H19BrN4O3. The van der Waals surface area contributed by atoms with E-state index in [2.05, 4.69) is 32.1 Å². The van der Waals surface area contributed by atoms with Crippen molar-refractivity contribution in [1.82, 2.24) is 16.2 Å². The largest absolute Gasteiger partial charge is 0.352 e. The number of primary amides is 1. The third-order valence-electron chi connectivity index (χ3n) is 2.75. The molecule has 1 aromatic rings. The summed E-state index contributed by atoms with van der Waals surface area (Å²) in [6, 6.07) is 5.06. The summed E-state index contributed by atoms with van der Waals surface area (Å²) in [5.41, 5.74) is 10.0. The summed E-state index contributed by atoms with van der Waals surface area (Å²) in [6.45, 7) is 3.81. The van der Waals surface area contributed by atoms with Crippen LogP contribution in [0, 0.1) is 5.92 Å². The van der Waals surface area contributed by atoms with Crippen LogP contribution in [-0.4, -0.2) is 23.9 Å². The molecule has 7 nitrogen and oxygen atoms in total. The van der Waals surface area contributed by atoms with E-state index in [4.69, 9.17) is 5.73 Å². The second kappa shape index (κ2) is 8.38. The van der Waals surface area contributed by atoms with Gasteiger partial charge in [0.1, 0.15) is 6.04 Å². The Morgan fingerprint density at radius 2 is 1.73 bits per heavy atom. The number of amides is 4. The van der Waals surface area contributed by atoms with Gasteiger partial charge in [-0.25, -0.2) is 4.79 Å². The quantitative estimate of drug-likeness (QED) is 0.585. The van der Waals surface area contributed by atoms with Gasteiger partial charge < -0.3 is 11.1 Å². The number of nitrogens with one attached hydrogen (secondary N) is 3. The Labute approximate surface area is 137 Å². The maximum Gasteiger partial charge on any atom is 0.312 e. The first-order valence-electron chi connectivity index (χ1n) is 6.71. The number of rotatable bonds is 5. The molecule has 0 saturated carbocycles. The minimum atomic E-state index is -0.803. The summed E-state index contributed by atoms with van der Waals surface area (Å²) in [5, 5.41) is 2.35. The molecule has 1 unspecified atom stereocenters. The van der Waals surface area contributed by atoms with Crippen LogP contribution in [0.25, 0.3) is 0 Å². The molecule has 0 heterocycles. The Hall–Kier alpha value is -2.09. The molecule has 0 spiro atoms. The van der Waals surface area contributed by atoms with E-state index >= 15 is 0 Å². The first-order valence-corrected chi connectivity index (χ1v) is 7.50. The van der Waals surface area contributed by atoms with Gasteiger partial charge >= 0.3 is 6.03 Å². The predicted molar refractivity (Wildman–Crippen MR) is 85.7 cm³/mol. The zero-order valence-corrected chi connectivity index (χ0v) is 13.9. The Kier molecular flexibility index (Phi) is 6.84. The number of hydrazine groups is 1. The molecule has 5 N–H and O–H groups in total. The fraction of sp³-hybridized carbons (Fsp3) is 0.357. The van der Waals surface area contributed by atoms with E-state index in [0.717, 1.165) is 4.47 Å². The zero-order valence-electron chi connectivity index (χ0n) is 12.4. The lowest BCUT2D eigenvalue weighted by molar-refractivity contribution is -0.124. The van der Waals surface area contributed by atoms with Crippen molar-refractivity contribution in [3.05, 3.63) is 34.3 Å². The molecule has 8 heteroatoms. The highest BCUT2D eigenvalue weighted by molar-refractivity contribution is 9.10. The van der Waals surface area contributed by atoms with Crippen LogP contribution in [0.3, 0.4) is 0 Å². The van der Waals surface area contributed by atoms with Crippen LogP contribution in [0.1, 0.15) is 30.6 Å². The van der Waals surface area contributed by atoms with Gasteiger partial charge in [0.15, 0.2) is 0 Å². The van der Waals surface area contributed by atoms with E-state index in [0.29, 0.717) is 12.0 Å². The molecule has 0 fully saturated rings. The van der Waals surface area contributed by atoms with Crippen LogP contribution in [0.4, 0.5) is 4.79 Å². The number of nitrogens with two attached hydrogens (primary N) is 1. The molecule has 0 aliphatic heterocycles. The molecule has 1 rings (SSSR count). The van der Waals surface area contributed by atoms with Crippen molar-refractivity contribution in [3.63, 3.8) is 0 Å².